The summed E-state index contributed by atoms with van der Waals surface area (Å²) < 4.78 is 0. The molecule has 1 atom stereocenters. The van der Waals surface area contributed by atoms with E-state index in [-0.39, 0.29) is 11.9 Å². The zero-order valence-corrected chi connectivity index (χ0v) is 11.0. The quantitative estimate of drug-likeness (QED) is 0.324. The van der Waals surface area contributed by atoms with Crippen LogP contribution in [0.4, 0.5) is 5.82 Å². The van der Waals surface area contributed by atoms with E-state index in [1.54, 1.807) is 12.3 Å². The molecule has 1 saturated heterocycles. The third kappa shape index (κ3) is 3.14. The van der Waals surface area contributed by atoms with Crippen LogP contribution in [0.5, 0.6) is 0 Å². The number of anilines is 1. The van der Waals surface area contributed by atoms with Crippen molar-refractivity contribution in [2.24, 2.45) is 16.8 Å². The largest absolute Gasteiger partial charge is 0.409 e. The van der Waals surface area contributed by atoms with Gasteiger partial charge in [-0.15, -0.1) is 0 Å². The lowest BCUT2D eigenvalue weighted by Crippen LogP contribution is -2.37. The van der Waals surface area contributed by atoms with Gasteiger partial charge in [-0.05, 0) is 37.8 Å². The number of piperidine rings is 1. The summed E-state index contributed by atoms with van der Waals surface area (Å²) in [6.07, 6.45) is 3.31. The molecule has 6 heteroatoms. The first-order valence-electron chi connectivity index (χ1n) is 6.48. The van der Waals surface area contributed by atoms with Crippen LogP contribution in [-0.2, 0) is 0 Å². The van der Waals surface area contributed by atoms with E-state index >= 15 is 0 Å². The molecule has 0 bridgehead atoms. The molecule has 4 N–H and O–H groups in total. The van der Waals surface area contributed by atoms with Gasteiger partial charge in [-0.25, -0.2) is 4.98 Å². The zero-order valence-electron chi connectivity index (χ0n) is 11.0. The number of oxime groups is 1. The van der Waals surface area contributed by atoms with Gasteiger partial charge < -0.3 is 20.9 Å². The molecule has 1 aliphatic heterocycles. The van der Waals surface area contributed by atoms with Gasteiger partial charge in [-0.2, -0.15) is 0 Å². The van der Waals surface area contributed by atoms with Crippen molar-refractivity contribution in [1.29, 1.82) is 0 Å². The van der Waals surface area contributed by atoms with Crippen LogP contribution in [0.25, 0.3) is 0 Å². The van der Waals surface area contributed by atoms with Gasteiger partial charge in [0.1, 0.15) is 5.82 Å². The number of hydrogen-bond donors (Lipinski definition) is 3. The fraction of sp³-hybridized carbons (Fsp3) is 0.538. The molecule has 0 spiro atoms. The first-order valence-corrected chi connectivity index (χ1v) is 6.48. The summed E-state index contributed by atoms with van der Waals surface area (Å²) in [7, 11) is 0. The minimum Gasteiger partial charge on any atom is -0.409 e. The van der Waals surface area contributed by atoms with E-state index in [1.807, 2.05) is 13.0 Å². The van der Waals surface area contributed by atoms with Crippen LogP contribution in [0, 0.1) is 5.92 Å². The lowest BCUT2D eigenvalue weighted by molar-refractivity contribution is 0.110. The monoisotopic (exact) mass is 264 g/mol. The molecule has 1 aliphatic rings. The van der Waals surface area contributed by atoms with Crippen molar-refractivity contribution >= 4 is 11.7 Å². The Morgan fingerprint density at radius 2 is 2.16 bits per heavy atom. The van der Waals surface area contributed by atoms with E-state index in [9.17, 15) is 5.11 Å². The highest BCUT2D eigenvalue weighted by Crippen LogP contribution is 2.24. The van der Waals surface area contributed by atoms with Gasteiger partial charge >= 0.3 is 0 Å². The van der Waals surface area contributed by atoms with Crippen molar-refractivity contribution in [2.45, 2.75) is 25.9 Å². The number of pyridine rings is 1. The number of amidine groups is 1. The highest BCUT2D eigenvalue weighted by molar-refractivity contribution is 5.96. The molecule has 2 rings (SSSR count). The molecule has 1 unspecified atom stereocenters. The Labute approximate surface area is 112 Å². The van der Waals surface area contributed by atoms with Crippen molar-refractivity contribution in [3.8, 4) is 0 Å². The van der Waals surface area contributed by atoms with Crippen molar-refractivity contribution in [1.82, 2.24) is 4.98 Å². The summed E-state index contributed by atoms with van der Waals surface area (Å²) >= 11 is 0. The highest BCUT2D eigenvalue weighted by atomic mass is 16.4. The molecule has 0 aromatic carbocycles. The molecule has 104 valence electrons. The van der Waals surface area contributed by atoms with Crippen LogP contribution in [0.3, 0.4) is 0 Å². The number of aromatic nitrogens is 1. The molecular weight excluding hydrogens is 244 g/mol. The molecule has 0 amide bonds. The molecule has 0 radical (unpaired) electrons. The van der Waals surface area contributed by atoms with Gasteiger partial charge in [0.05, 0.1) is 6.10 Å². The molecule has 2 heterocycles. The normalized spacial score (nSPS) is 19.5. The Kier molecular flexibility index (Phi) is 4.21. The van der Waals surface area contributed by atoms with Crippen LogP contribution in [0.15, 0.2) is 23.5 Å². The SMILES string of the molecule is CC(O)C1CCN(c2ccc(/C(N)=N/O)cn2)CC1. The van der Waals surface area contributed by atoms with Gasteiger partial charge in [0.2, 0.25) is 0 Å². The fourth-order valence-corrected chi connectivity index (χ4v) is 2.39. The number of aliphatic hydroxyl groups excluding tert-OH is 1. The smallest absolute Gasteiger partial charge is 0.171 e. The van der Waals surface area contributed by atoms with Gasteiger partial charge in [0.15, 0.2) is 5.84 Å². The minimum atomic E-state index is -0.238. The van der Waals surface area contributed by atoms with Crippen molar-refractivity contribution in [3.05, 3.63) is 23.9 Å². The fourth-order valence-electron chi connectivity index (χ4n) is 2.39. The van der Waals surface area contributed by atoms with E-state index in [4.69, 9.17) is 10.9 Å². The minimum absolute atomic E-state index is 0.0619. The van der Waals surface area contributed by atoms with E-state index in [0.29, 0.717) is 11.5 Å². The van der Waals surface area contributed by atoms with Crippen LogP contribution in [0.2, 0.25) is 0 Å². The second-order valence-electron chi connectivity index (χ2n) is 4.96. The average molecular weight is 264 g/mol. The molecule has 0 saturated carbocycles. The van der Waals surface area contributed by atoms with E-state index in [2.05, 4.69) is 15.0 Å². The second kappa shape index (κ2) is 5.88. The van der Waals surface area contributed by atoms with Gasteiger partial charge in [-0.3, -0.25) is 0 Å². The van der Waals surface area contributed by atoms with E-state index in [0.717, 1.165) is 31.7 Å². The number of aliphatic hydroxyl groups is 1. The summed E-state index contributed by atoms with van der Waals surface area (Å²) in [6, 6.07) is 3.66. The molecule has 0 aliphatic carbocycles. The Morgan fingerprint density at radius 1 is 1.47 bits per heavy atom. The van der Waals surface area contributed by atoms with E-state index < -0.39 is 0 Å². The summed E-state index contributed by atoms with van der Waals surface area (Å²) in [5.41, 5.74) is 6.09. The van der Waals surface area contributed by atoms with Gasteiger partial charge in [-0.1, -0.05) is 5.16 Å². The first kappa shape index (κ1) is 13.6. The maximum Gasteiger partial charge on any atom is 0.171 e. The van der Waals surface area contributed by atoms with Crippen molar-refractivity contribution < 1.29 is 10.3 Å². The molecule has 1 fully saturated rings. The molecule has 19 heavy (non-hydrogen) atoms. The summed E-state index contributed by atoms with van der Waals surface area (Å²) in [4.78, 5) is 6.52. The first-order chi connectivity index (χ1) is 9.11. The Morgan fingerprint density at radius 3 is 2.63 bits per heavy atom. The second-order valence-corrected chi connectivity index (χ2v) is 4.96. The lowest BCUT2D eigenvalue weighted by atomic mass is 9.92. The third-order valence-electron chi connectivity index (χ3n) is 3.70. The zero-order chi connectivity index (χ0) is 13.8. The maximum absolute atomic E-state index is 9.57. The van der Waals surface area contributed by atoms with Crippen LogP contribution in [-0.4, -0.2) is 40.3 Å². The van der Waals surface area contributed by atoms with Crippen molar-refractivity contribution in [3.63, 3.8) is 0 Å². The van der Waals surface area contributed by atoms with Gasteiger partial charge in [0.25, 0.3) is 0 Å². The summed E-state index contributed by atoms with van der Waals surface area (Å²) in [6.45, 7) is 3.64. The Hall–Kier alpha value is -1.82. The molecule has 1 aromatic heterocycles. The Bertz CT molecular complexity index is 436. The van der Waals surface area contributed by atoms with Crippen LogP contribution < -0.4 is 10.6 Å². The van der Waals surface area contributed by atoms with Gasteiger partial charge in [0, 0.05) is 24.8 Å². The van der Waals surface area contributed by atoms with Crippen LogP contribution in [0.1, 0.15) is 25.3 Å². The predicted octanol–water partition coefficient (Wildman–Crippen LogP) is 0.773. The summed E-state index contributed by atoms with van der Waals surface area (Å²) in [5.74, 6) is 1.33. The number of hydrogen-bond acceptors (Lipinski definition) is 5. The number of nitrogens with zero attached hydrogens (tertiary/aromatic N) is 3. The van der Waals surface area contributed by atoms with Crippen molar-refractivity contribution in [2.75, 3.05) is 18.0 Å². The predicted molar refractivity (Wildman–Crippen MR) is 73.4 cm³/mol. The average Bonchev–Trinajstić information content (AvgIpc) is 2.46. The third-order valence-corrected chi connectivity index (χ3v) is 3.70. The summed E-state index contributed by atoms with van der Waals surface area (Å²) in [5, 5.41) is 21.1. The van der Waals surface area contributed by atoms with E-state index in [1.165, 1.54) is 0 Å². The van der Waals surface area contributed by atoms with Crippen LogP contribution >= 0.6 is 0 Å². The number of nitrogens with two attached hydrogens (primary N) is 1. The molecule has 6 nitrogen and oxygen atoms in total. The lowest BCUT2D eigenvalue weighted by Gasteiger charge is -2.34. The molecule has 1 aromatic rings. The number of rotatable bonds is 3. The highest BCUT2D eigenvalue weighted by Gasteiger charge is 2.23. The molecular formula is C13H20N4O2. The topological polar surface area (TPSA) is 95.0 Å². The standard InChI is InChI=1S/C13H20N4O2/c1-9(18)10-4-6-17(7-5-10)12-3-2-11(8-15-12)13(14)16-19/h2-3,8-10,18-19H,4-7H2,1H3,(H2,14,16). The maximum atomic E-state index is 9.57. The Balaban J connectivity index is 2.00.